The number of methoxy groups -OCH3 is 1. The van der Waals surface area contributed by atoms with Gasteiger partial charge in [-0.3, -0.25) is 0 Å². The van der Waals surface area contributed by atoms with Crippen molar-refractivity contribution in [2.24, 2.45) is 11.7 Å². The first-order valence-electron chi connectivity index (χ1n) is 5.19. The molecule has 0 aromatic carbocycles. The van der Waals surface area contributed by atoms with Gasteiger partial charge in [-0.05, 0) is 5.92 Å². The van der Waals surface area contributed by atoms with Crippen LogP contribution in [0.25, 0.3) is 0 Å². The van der Waals surface area contributed by atoms with Gasteiger partial charge in [0.15, 0.2) is 5.82 Å². The SMILES string of the molecule is COc1ncc(Cl)c(N2CC(C)C(N)C2)n1. The van der Waals surface area contributed by atoms with E-state index in [9.17, 15) is 0 Å². The fourth-order valence-corrected chi connectivity index (χ4v) is 2.04. The highest BCUT2D eigenvalue weighted by atomic mass is 35.5. The monoisotopic (exact) mass is 242 g/mol. The van der Waals surface area contributed by atoms with E-state index in [1.54, 1.807) is 6.20 Å². The Labute approximate surface area is 99.6 Å². The van der Waals surface area contributed by atoms with E-state index in [1.807, 2.05) is 0 Å². The summed E-state index contributed by atoms with van der Waals surface area (Å²) >= 11 is 6.07. The number of nitrogens with two attached hydrogens (primary N) is 1. The van der Waals surface area contributed by atoms with Crippen LogP contribution in [0.1, 0.15) is 6.92 Å². The summed E-state index contributed by atoms with van der Waals surface area (Å²) in [6.45, 7) is 3.75. The smallest absolute Gasteiger partial charge is 0.318 e. The van der Waals surface area contributed by atoms with Crippen LogP contribution >= 0.6 is 11.6 Å². The van der Waals surface area contributed by atoms with Crippen LogP contribution in [0.5, 0.6) is 6.01 Å². The second-order valence-corrected chi connectivity index (χ2v) is 4.48. The summed E-state index contributed by atoms with van der Waals surface area (Å²) in [4.78, 5) is 10.3. The summed E-state index contributed by atoms with van der Waals surface area (Å²) in [5, 5.41) is 0.530. The quantitative estimate of drug-likeness (QED) is 0.836. The Morgan fingerprint density at radius 1 is 1.56 bits per heavy atom. The molecule has 16 heavy (non-hydrogen) atoms. The van der Waals surface area contributed by atoms with E-state index in [2.05, 4.69) is 21.8 Å². The van der Waals surface area contributed by atoms with Crippen molar-refractivity contribution in [3.8, 4) is 6.01 Å². The van der Waals surface area contributed by atoms with Gasteiger partial charge in [-0.15, -0.1) is 0 Å². The zero-order valence-electron chi connectivity index (χ0n) is 9.35. The summed E-state index contributed by atoms with van der Waals surface area (Å²) in [6, 6.07) is 0.490. The molecule has 2 heterocycles. The minimum atomic E-state index is 0.164. The predicted octanol–water partition coefficient (Wildman–Crippen LogP) is 0.922. The highest BCUT2D eigenvalue weighted by Crippen LogP contribution is 2.28. The fraction of sp³-hybridized carbons (Fsp3) is 0.600. The van der Waals surface area contributed by atoms with Gasteiger partial charge < -0.3 is 15.4 Å². The molecule has 0 radical (unpaired) electrons. The van der Waals surface area contributed by atoms with E-state index in [4.69, 9.17) is 22.1 Å². The molecule has 2 rings (SSSR count). The molecule has 1 aliphatic heterocycles. The Kier molecular flexibility index (Phi) is 3.16. The molecule has 6 heteroatoms. The maximum absolute atomic E-state index is 6.07. The summed E-state index contributed by atoms with van der Waals surface area (Å²) in [5.74, 6) is 1.14. The molecule has 1 aromatic rings. The molecule has 88 valence electrons. The Hall–Kier alpha value is -1.07. The topological polar surface area (TPSA) is 64.3 Å². The third-order valence-electron chi connectivity index (χ3n) is 2.86. The number of hydrogen-bond acceptors (Lipinski definition) is 5. The molecule has 0 aliphatic carbocycles. The zero-order chi connectivity index (χ0) is 11.7. The van der Waals surface area contributed by atoms with E-state index in [1.165, 1.54) is 7.11 Å². The number of rotatable bonds is 2. The standard InChI is InChI=1S/C10H15ClN4O/c1-6-4-15(5-8(6)12)9-7(11)3-13-10(14-9)16-2/h3,6,8H,4-5,12H2,1-2H3. The number of aromatic nitrogens is 2. The fourth-order valence-electron chi connectivity index (χ4n) is 1.83. The highest BCUT2D eigenvalue weighted by molar-refractivity contribution is 6.32. The van der Waals surface area contributed by atoms with Crippen molar-refractivity contribution in [1.82, 2.24) is 9.97 Å². The summed E-state index contributed by atoms with van der Waals surface area (Å²) in [6.07, 6.45) is 1.55. The van der Waals surface area contributed by atoms with Crippen molar-refractivity contribution in [2.75, 3.05) is 25.1 Å². The van der Waals surface area contributed by atoms with Crippen LogP contribution in [-0.2, 0) is 0 Å². The average molecular weight is 243 g/mol. The van der Waals surface area contributed by atoms with Crippen LogP contribution < -0.4 is 15.4 Å². The molecule has 2 atom stereocenters. The Bertz CT molecular complexity index is 377. The first kappa shape index (κ1) is 11.4. The zero-order valence-corrected chi connectivity index (χ0v) is 10.1. The maximum atomic E-state index is 6.07. The van der Waals surface area contributed by atoms with Gasteiger partial charge in [-0.25, -0.2) is 4.98 Å². The molecule has 1 saturated heterocycles. The van der Waals surface area contributed by atoms with Crippen molar-refractivity contribution in [1.29, 1.82) is 0 Å². The van der Waals surface area contributed by atoms with Crippen molar-refractivity contribution in [2.45, 2.75) is 13.0 Å². The lowest BCUT2D eigenvalue weighted by Crippen LogP contribution is -2.28. The molecular weight excluding hydrogens is 228 g/mol. The Balaban J connectivity index is 2.26. The molecule has 0 amide bonds. The number of nitrogens with zero attached hydrogens (tertiary/aromatic N) is 3. The van der Waals surface area contributed by atoms with Gasteiger partial charge in [0.05, 0.1) is 13.3 Å². The molecule has 1 fully saturated rings. The van der Waals surface area contributed by atoms with E-state index >= 15 is 0 Å². The minimum absolute atomic E-state index is 0.164. The summed E-state index contributed by atoms with van der Waals surface area (Å²) in [7, 11) is 1.53. The van der Waals surface area contributed by atoms with Gasteiger partial charge in [0, 0.05) is 19.1 Å². The second kappa shape index (κ2) is 4.43. The van der Waals surface area contributed by atoms with E-state index in [0.29, 0.717) is 22.8 Å². The Morgan fingerprint density at radius 3 is 2.88 bits per heavy atom. The normalized spacial score (nSPS) is 24.9. The molecule has 2 unspecified atom stereocenters. The van der Waals surface area contributed by atoms with Crippen LogP contribution in [0.3, 0.4) is 0 Å². The van der Waals surface area contributed by atoms with Gasteiger partial charge in [-0.2, -0.15) is 4.98 Å². The third kappa shape index (κ3) is 2.05. The van der Waals surface area contributed by atoms with E-state index in [0.717, 1.165) is 13.1 Å². The maximum Gasteiger partial charge on any atom is 0.318 e. The molecule has 0 saturated carbocycles. The minimum Gasteiger partial charge on any atom is -0.467 e. The van der Waals surface area contributed by atoms with Crippen LogP contribution in [0.4, 0.5) is 5.82 Å². The van der Waals surface area contributed by atoms with Crippen molar-refractivity contribution in [3.63, 3.8) is 0 Å². The molecule has 1 aliphatic rings. The predicted molar refractivity (Wildman–Crippen MR) is 62.9 cm³/mol. The van der Waals surface area contributed by atoms with E-state index in [-0.39, 0.29) is 6.04 Å². The highest BCUT2D eigenvalue weighted by Gasteiger charge is 2.29. The average Bonchev–Trinajstić information content (AvgIpc) is 2.60. The summed E-state index contributed by atoms with van der Waals surface area (Å²) in [5.41, 5.74) is 5.97. The lowest BCUT2D eigenvalue weighted by atomic mass is 10.1. The second-order valence-electron chi connectivity index (χ2n) is 4.07. The lowest BCUT2D eigenvalue weighted by Gasteiger charge is -2.18. The molecule has 1 aromatic heterocycles. The van der Waals surface area contributed by atoms with E-state index < -0.39 is 0 Å². The van der Waals surface area contributed by atoms with Gasteiger partial charge in [0.25, 0.3) is 0 Å². The van der Waals surface area contributed by atoms with Crippen molar-refractivity contribution < 1.29 is 4.74 Å². The number of ether oxygens (including phenoxy) is 1. The van der Waals surface area contributed by atoms with Crippen molar-refractivity contribution in [3.05, 3.63) is 11.2 Å². The molecule has 0 spiro atoms. The summed E-state index contributed by atoms with van der Waals surface area (Å²) < 4.78 is 4.98. The molecular formula is C10H15ClN4O. The molecule has 5 nitrogen and oxygen atoms in total. The number of hydrogen-bond donors (Lipinski definition) is 1. The first-order valence-corrected chi connectivity index (χ1v) is 5.56. The largest absolute Gasteiger partial charge is 0.467 e. The van der Waals surface area contributed by atoms with Gasteiger partial charge in [0.2, 0.25) is 0 Å². The first-order chi connectivity index (χ1) is 7.61. The van der Waals surface area contributed by atoms with Crippen LogP contribution in [0.15, 0.2) is 6.20 Å². The molecule has 0 bridgehead atoms. The van der Waals surface area contributed by atoms with Gasteiger partial charge >= 0.3 is 6.01 Å². The van der Waals surface area contributed by atoms with Crippen LogP contribution in [-0.4, -0.2) is 36.2 Å². The van der Waals surface area contributed by atoms with Gasteiger partial charge in [0.1, 0.15) is 5.02 Å². The Morgan fingerprint density at radius 2 is 2.31 bits per heavy atom. The van der Waals surface area contributed by atoms with Crippen molar-refractivity contribution >= 4 is 17.4 Å². The molecule has 2 N–H and O–H groups in total. The van der Waals surface area contributed by atoms with Crippen LogP contribution in [0, 0.1) is 5.92 Å². The van der Waals surface area contributed by atoms with Gasteiger partial charge in [-0.1, -0.05) is 18.5 Å². The number of halogens is 1. The lowest BCUT2D eigenvalue weighted by molar-refractivity contribution is 0.380. The van der Waals surface area contributed by atoms with Crippen LogP contribution in [0.2, 0.25) is 5.02 Å². The third-order valence-corrected chi connectivity index (χ3v) is 3.12. The number of anilines is 1.